The Labute approximate surface area is 117 Å². The molecule has 3 rings (SSSR count). The zero-order chi connectivity index (χ0) is 14.1. The number of nitrogens with zero attached hydrogens (tertiary/aromatic N) is 3. The van der Waals surface area contributed by atoms with Crippen molar-refractivity contribution in [3.8, 4) is 22.1 Å². The minimum Gasteiger partial charge on any atom is -0.398 e. The number of anilines is 1. The van der Waals surface area contributed by atoms with Crippen LogP contribution in [0.25, 0.3) is 22.1 Å². The summed E-state index contributed by atoms with van der Waals surface area (Å²) in [5.74, 6) is 1.06. The van der Waals surface area contributed by atoms with Gasteiger partial charge in [-0.1, -0.05) is 6.07 Å². The lowest BCUT2D eigenvalue weighted by atomic mass is 10.1. The minimum absolute atomic E-state index is 0.0553. The molecule has 0 bridgehead atoms. The van der Waals surface area contributed by atoms with Crippen molar-refractivity contribution in [1.29, 1.82) is 0 Å². The van der Waals surface area contributed by atoms with E-state index >= 15 is 0 Å². The van der Waals surface area contributed by atoms with Crippen LogP contribution in [0.2, 0.25) is 0 Å². The highest BCUT2D eigenvalue weighted by Gasteiger charge is 2.14. The predicted octanol–water partition coefficient (Wildman–Crippen LogP) is 2.69. The zero-order valence-corrected chi connectivity index (χ0v) is 10.9. The first-order valence-electron chi connectivity index (χ1n) is 5.66. The molecule has 2 heterocycles. The van der Waals surface area contributed by atoms with Gasteiger partial charge in [0.05, 0.1) is 9.80 Å². The molecule has 3 aromatic rings. The second kappa shape index (κ2) is 4.74. The summed E-state index contributed by atoms with van der Waals surface area (Å²) in [4.78, 5) is 15.5. The van der Waals surface area contributed by atoms with Crippen molar-refractivity contribution in [2.45, 2.75) is 0 Å². The number of nitrogen functional groups attached to an aromatic ring is 1. The highest BCUT2D eigenvalue weighted by molar-refractivity contribution is 7.13. The van der Waals surface area contributed by atoms with Gasteiger partial charge in [0.2, 0.25) is 0 Å². The third-order valence-corrected chi connectivity index (χ3v) is 3.60. The van der Waals surface area contributed by atoms with Gasteiger partial charge in [0, 0.05) is 23.4 Å². The molecule has 0 saturated carbocycles. The van der Waals surface area contributed by atoms with Crippen LogP contribution in [0.1, 0.15) is 0 Å². The first-order chi connectivity index (χ1) is 9.65. The molecule has 0 aliphatic carbocycles. The Bertz CT molecular complexity index is 766. The number of rotatable bonds is 3. The highest BCUT2D eigenvalue weighted by atomic mass is 32.1. The quantitative estimate of drug-likeness (QED) is 0.437. The summed E-state index contributed by atoms with van der Waals surface area (Å²) in [6.07, 6.45) is 0. The molecule has 3 N–H and O–H groups in total. The number of nitrogens with two attached hydrogens (primary N) is 1. The summed E-state index contributed by atoms with van der Waals surface area (Å²) < 4.78 is 0. The molecular weight excluding hydrogens is 278 g/mol. The smallest absolute Gasteiger partial charge is 0.271 e. The molecule has 0 atom stereocenters. The Morgan fingerprint density at radius 3 is 2.85 bits per heavy atom. The average molecular weight is 287 g/mol. The lowest BCUT2D eigenvalue weighted by Gasteiger charge is -2.00. The standard InChI is InChI=1S/C12H9N5O2S/c13-9-6-7(17(18)19)3-4-8(9)11-14-12(16-15-11)10-2-1-5-20-10/h1-6H,13H2,(H,14,15,16). The number of aromatic nitrogens is 3. The second-order valence-electron chi connectivity index (χ2n) is 4.01. The number of hydrogen-bond acceptors (Lipinski definition) is 6. The fraction of sp³-hybridized carbons (Fsp3) is 0. The molecule has 8 heteroatoms. The molecule has 0 amide bonds. The molecule has 20 heavy (non-hydrogen) atoms. The lowest BCUT2D eigenvalue weighted by molar-refractivity contribution is -0.384. The van der Waals surface area contributed by atoms with Crippen molar-refractivity contribution in [2.75, 3.05) is 5.73 Å². The van der Waals surface area contributed by atoms with Gasteiger partial charge in [0.25, 0.3) is 5.69 Å². The van der Waals surface area contributed by atoms with Gasteiger partial charge in [0.1, 0.15) is 0 Å². The van der Waals surface area contributed by atoms with Crippen LogP contribution in [0.5, 0.6) is 0 Å². The normalized spacial score (nSPS) is 10.6. The molecule has 0 fully saturated rings. The van der Waals surface area contributed by atoms with E-state index in [0.717, 1.165) is 4.88 Å². The zero-order valence-electron chi connectivity index (χ0n) is 10.1. The lowest BCUT2D eigenvalue weighted by Crippen LogP contribution is -1.95. The second-order valence-corrected chi connectivity index (χ2v) is 4.96. The first-order valence-corrected chi connectivity index (χ1v) is 6.53. The number of nitrogens with one attached hydrogen (secondary N) is 1. The molecule has 100 valence electrons. The number of benzene rings is 1. The van der Waals surface area contributed by atoms with Crippen LogP contribution in [-0.4, -0.2) is 20.1 Å². The van der Waals surface area contributed by atoms with Gasteiger partial charge in [-0.3, -0.25) is 15.2 Å². The number of H-pyrrole nitrogens is 1. The van der Waals surface area contributed by atoms with Gasteiger partial charge in [0.15, 0.2) is 11.6 Å². The summed E-state index contributed by atoms with van der Waals surface area (Å²) in [5, 5.41) is 19.5. The van der Waals surface area contributed by atoms with Crippen molar-refractivity contribution in [3.05, 3.63) is 45.8 Å². The molecule has 7 nitrogen and oxygen atoms in total. The summed E-state index contributed by atoms with van der Waals surface area (Å²) in [6, 6.07) is 8.08. The molecule has 0 aliphatic heterocycles. The van der Waals surface area contributed by atoms with Crippen LogP contribution in [0, 0.1) is 10.1 Å². The molecular formula is C12H9N5O2S. The highest BCUT2D eigenvalue weighted by Crippen LogP contribution is 2.29. The van der Waals surface area contributed by atoms with Gasteiger partial charge in [-0.25, -0.2) is 4.98 Å². The third-order valence-electron chi connectivity index (χ3n) is 2.73. The Morgan fingerprint density at radius 1 is 1.35 bits per heavy atom. The Kier molecular flexibility index (Phi) is 2.92. The fourth-order valence-corrected chi connectivity index (χ4v) is 2.44. The van der Waals surface area contributed by atoms with Gasteiger partial charge in [-0.2, -0.15) is 5.10 Å². The van der Waals surface area contributed by atoms with E-state index in [0.29, 0.717) is 17.2 Å². The monoisotopic (exact) mass is 287 g/mol. The maximum absolute atomic E-state index is 10.7. The van der Waals surface area contributed by atoms with Gasteiger partial charge >= 0.3 is 0 Å². The van der Waals surface area contributed by atoms with E-state index in [1.54, 1.807) is 17.4 Å². The topological polar surface area (TPSA) is 111 Å². The first kappa shape index (κ1) is 12.3. The Hall–Kier alpha value is -2.74. The maximum atomic E-state index is 10.7. The summed E-state index contributed by atoms with van der Waals surface area (Å²) >= 11 is 1.54. The molecule has 0 spiro atoms. The van der Waals surface area contributed by atoms with Gasteiger partial charge < -0.3 is 5.73 Å². The third kappa shape index (κ3) is 2.12. The number of nitro groups is 1. The van der Waals surface area contributed by atoms with E-state index in [9.17, 15) is 10.1 Å². The molecule has 0 aliphatic rings. The van der Waals surface area contributed by atoms with Crippen LogP contribution in [-0.2, 0) is 0 Å². The summed E-state index contributed by atoms with van der Waals surface area (Å²) in [6.45, 7) is 0. The van der Waals surface area contributed by atoms with E-state index in [2.05, 4.69) is 15.2 Å². The van der Waals surface area contributed by atoms with E-state index in [1.165, 1.54) is 12.1 Å². The van der Waals surface area contributed by atoms with Crippen molar-refractivity contribution < 1.29 is 4.92 Å². The fourth-order valence-electron chi connectivity index (χ4n) is 1.77. The number of nitro benzene ring substituents is 1. The van der Waals surface area contributed by atoms with Crippen molar-refractivity contribution in [1.82, 2.24) is 15.2 Å². The number of aromatic amines is 1. The van der Waals surface area contributed by atoms with Crippen molar-refractivity contribution in [3.63, 3.8) is 0 Å². The van der Waals surface area contributed by atoms with Gasteiger partial charge in [-0.15, -0.1) is 11.3 Å². The van der Waals surface area contributed by atoms with Crippen LogP contribution >= 0.6 is 11.3 Å². The minimum atomic E-state index is -0.491. The number of thiophene rings is 1. The largest absolute Gasteiger partial charge is 0.398 e. The van der Waals surface area contributed by atoms with Crippen LogP contribution in [0.15, 0.2) is 35.7 Å². The summed E-state index contributed by atoms with van der Waals surface area (Å²) in [5.41, 5.74) is 6.61. The van der Waals surface area contributed by atoms with Crippen molar-refractivity contribution in [2.24, 2.45) is 0 Å². The van der Waals surface area contributed by atoms with Gasteiger partial charge in [-0.05, 0) is 17.5 Å². The Morgan fingerprint density at radius 2 is 2.20 bits per heavy atom. The van der Waals surface area contributed by atoms with Crippen LogP contribution in [0.3, 0.4) is 0 Å². The summed E-state index contributed by atoms with van der Waals surface area (Å²) in [7, 11) is 0. The van der Waals surface area contributed by atoms with E-state index < -0.39 is 4.92 Å². The van der Waals surface area contributed by atoms with E-state index in [-0.39, 0.29) is 11.4 Å². The molecule has 1 aromatic carbocycles. The molecule has 0 radical (unpaired) electrons. The van der Waals surface area contributed by atoms with Crippen LogP contribution < -0.4 is 5.73 Å². The van der Waals surface area contributed by atoms with E-state index in [1.807, 2.05) is 17.5 Å². The van der Waals surface area contributed by atoms with E-state index in [4.69, 9.17) is 5.73 Å². The number of hydrogen-bond donors (Lipinski definition) is 2. The van der Waals surface area contributed by atoms with Crippen molar-refractivity contribution >= 4 is 22.7 Å². The SMILES string of the molecule is Nc1cc([N+](=O)[O-])ccc1-c1n[nH]c(-c2cccs2)n1. The molecule has 0 unspecified atom stereocenters. The maximum Gasteiger partial charge on any atom is 0.271 e. The van der Waals surface area contributed by atoms with Crippen LogP contribution in [0.4, 0.5) is 11.4 Å². The predicted molar refractivity (Wildman–Crippen MR) is 76.2 cm³/mol. The molecule has 2 aromatic heterocycles. The average Bonchev–Trinajstić information content (AvgIpc) is 3.09. The number of non-ortho nitro benzene ring substituents is 1. The Balaban J connectivity index is 1.99. The molecule has 0 saturated heterocycles.